The molecule has 0 unspecified atom stereocenters. The summed E-state index contributed by atoms with van der Waals surface area (Å²) in [6, 6.07) is -1.94. The molecule has 6 amide bonds. The van der Waals surface area contributed by atoms with Crippen LogP contribution in [-0.4, -0.2) is 139 Å². The first-order valence-corrected chi connectivity index (χ1v) is 19.8. The number of urea groups is 1. The fourth-order valence-electron chi connectivity index (χ4n) is 8.09. The van der Waals surface area contributed by atoms with Gasteiger partial charge in [-0.25, -0.2) is 4.79 Å². The van der Waals surface area contributed by atoms with Crippen LogP contribution in [0, 0.1) is 29.6 Å². The molecule has 0 aromatic carbocycles. The smallest absolute Gasteiger partial charge is 0.317 e. The van der Waals surface area contributed by atoms with E-state index in [9.17, 15) is 33.6 Å². The van der Waals surface area contributed by atoms with Gasteiger partial charge < -0.3 is 29.9 Å². The van der Waals surface area contributed by atoms with Crippen LogP contribution >= 0.6 is 0 Å². The van der Waals surface area contributed by atoms with Gasteiger partial charge >= 0.3 is 6.03 Å². The highest BCUT2D eigenvalue weighted by molar-refractivity contribution is 6.13. The van der Waals surface area contributed by atoms with Gasteiger partial charge in [-0.3, -0.25) is 38.6 Å². The third-order valence-electron chi connectivity index (χ3n) is 11.5. The number of nitrogens with one attached hydrogen (secondary N) is 2. The number of nitrogens with zero attached hydrogens (tertiary/aromatic N) is 4. The molecule has 15 heteroatoms. The number of amides is 6. The second kappa shape index (κ2) is 22.2. The average Bonchev–Trinajstić information content (AvgIpc) is 3.76. The van der Waals surface area contributed by atoms with Crippen LogP contribution in [0.15, 0.2) is 12.2 Å². The Balaban J connectivity index is 2.20. The number of rotatable bonds is 23. The van der Waals surface area contributed by atoms with Crippen molar-refractivity contribution >= 4 is 41.2 Å². The van der Waals surface area contributed by atoms with Gasteiger partial charge in [-0.05, 0) is 37.6 Å². The van der Waals surface area contributed by atoms with Gasteiger partial charge in [0.05, 0.1) is 43.4 Å². The number of hydrogen-bond donors (Lipinski definition) is 2. The van der Waals surface area contributed by atoms with Crippen LogP contribution in [0.3, 0.4) is 0 Å². The molecule has 2 heterocycles. The maximum atomic E-state index is 14.4. The van der Waals surface area contributed by atoms with Crippen LogP contribution in [0.5, 0.6) is 0 Å². The van der Waals surface area contributed by atoms with E-state index in [-0.39, 0.29) is 79.3 Å². The molecule has 0 aromatic heterocycles. The average molecular weight is 777 g/mol. The molecule has 55 heavy (non-hydrogen) atoms. The number of carbonyl (C=O) groups is 7. The van der Waals surface area contributed by atoms with E-state index in [1.165, 1.54) is 0 Å². The third-order valence-corrected chi connectivity index (χ3v) is 11.5. The van der Waals surface area contributed by atoms with Gasteiger partial charge in [0.2, 0.25) is 11.8 Å². The molecule has 0 saturated carbocycles. The zero-order valence-corrected chi connectivity index (χ0v) is 35.3. The lowest BCUT2D eigenvalue weighted by Gasteiger charge is -2.41. The predicted octanol–water partition coefficient (Wildman–Crippen LogP) is 3.21. The van der Waals surface area contributed by atoms with Crippen LogP contribution in [0.2, 0.25) is 0 Å². The number of likely N-dealkylation sites (N-methyl/N-ethyl adjacent to an activating group) is 2. The molecular weight excluding hydrogens is 708 g/mol. The number of ketones is 2. The molecule has 312 valence electrons. The van der Waals surface area contributed by atoms with E-state index < -0.39 is 48.1 Å². The molecule has 0 aliphatic carbocycles. The number of hydrogen-bond acceptors (Lipinski definition) is 10. The molecule has 8 atom stereocenters. The van der Waals surface area contributed by atoms with Crippen LogP contribution in [0.4, 0.5) is 4.79 Å². The maximum absolute atomic E-state index is 14.4. The molecule has 0 aromatic rings. The minimum Gasteiger partial charge on any atom is -0.379 e. The molecule has 0 radical (unpaired) electrons. The SMILES string of the molecule is CCC(=O)[C@H](C)[C@@H](OC)[C@@H]1CCCN1C(=O)C[C@@H](OC)[C@H]([C@@H](C)CC)N(C)C(=O)[C@@H](CC(=O)[C@H](C(C)C)N(C)CNC(=O)NCN1C(=O)C=CC1=O)C(C)C. The summed E-state index contributed by atoms with van der Waals surface area (Å²) in [5.41, 5.74) is 0. The first kappa shape index (κ1) is 47.5. The van der Waals surface area contributed by atoms with Crippen molar-refractivity contribution in [3.05, 3.63) is 12.2 Å². The molecule has 0 spiro atoms. The highest BCUT2D eigenvalue weighted by Gasteiger charge is 2.43. The zero-order chi connectivity index (χ0) is 41.7. The van der Waals surface area contributed by atoms with E-state index in [1.807, 2.05) is 60.3 Å². The van der Waals surface area contributed by atoms with Crippen molar-refractivity contribution in [2.45, 2.75) is 124 Å². The lowest BCUT2D eigenvalue weighted by atomic mass is 9.83. The Kier molecular flexibility index (Phi) is 19.1. The Labute approximate surface area is 328 Å². The Morgan fingerprint density at radius 1 is 0.873 bits per heavy atom. The first-order valence-electron chi connectivity index (χ1n) is 19.8. The highest BCUT2D eigenvalue weighted by atomic mass is 16.5. The number of ether oxygens (including phenoxy) is 2. The van der Waals surface area contributed by atoms with E-state index in [4.69, 9.17) is 9.47 Å². The minimum absolute atomic E-state index is 0.00276. The molecule has 2 N–H and O–H groups in total. The molecule has 0 bridgehead atoms. The van der Waals surface area contributed by atoms with Crippen LogP contribution in [0.25, 0.3) is 0 Å². The lowest BCUT2D eigenvalue weighted by Crippen LogP contribution is -2.54. The summed E-state index contributed by atoms with van der Waals surface area (Å²) >= 11 is 0. The molecule has 2 aliphatic rings. The number of likely N-dealkylation sites (tertiary alicyclic amines) is 1. The van der Waals surface area contributed by atoms with Crippen molar-refractivity contribution in [2.24, 2.45) is 29.6 Å². The van der Waals surface area contributed by atoms with Gasteiger partial charge in [-0.15, -0.1) is 0 Å². The van der Waals surface area contributed by atoms with Crippen molar-refractivity contribution < 1.29 is 43.0 Å². The largest absolute Gasteiger partial charge is 0.379 e. The molecule has 2 rings (SSSR count). The Bertz CT molecular complexity index is 1370. The van der Waals surface area contributed by atoms with Gasteiger partial charge in [0.25, 0.3) is 11.8 Å². The Hall–Kier alpha value is -3.69. The molecular formula is C40H68N6O9. The molecule has 1 fully saturated rings. The van der Waals surface area contributed by atoms with Gasteiger partial charge in [0.15, 0.2) is 5.78 Å². The van der Waals surface area contributed by atoms with Crippen molar-refractivity contribution in [3.63, 3.8) is 0 Å². The number of methoxy groups -OCH3 is 2. The van der Waals surface area contributed by atoms with Gasteiger partial charge in [-0.1, -0.05) is 61.8 Å². The van der Waals surface area contributed by atoms with Crippen molar-refractivity contribution in [1.29, 1.82) is 0 Å². The summed E-state index contributed by atoms with van der Waals surface area (Å²) in [6.07, 6.45) is 3.88. The summed E-state index contributed by atoms with van der Waals surface area (Å²) in [6.45, 7) is 15.6. The fourth-order valence-corrected chi connectivity index (χ4v) is 8.09. The summed E-state index contributed by atoms with van der Waals surface area (Å²) < 4.78 is 11.8. The maximum Gasteiger partial charge on any atom is 0.317 e. The second-order valence-corrected chi connectivity index (χ2v) is 15.8. The van der Waals surface area contributed by atoms with Crippen LogP contribution in [-0.2, 0) is 38.2 Å². The summed E-state index contributed by atoms with van der Waals surface area (Å²) in [7, 11) is 6.57. The monoisotopic (exact) mass is 777 g/mol. The van der Waals surface area contributed by atoms with Gasteiger partial charge in [-0.2, -0.15) is 0 Å². The number of imide groups is 1. The van der Waals surface area contributed by atoms with Gasteiger partial charge in [0.1, 0.15) is 12.5 Å². The third kappa shape index (κ3) is 12.4. The lowest BCUT2D eigenvalue weighted by molar-refractivity contribution is -0.149. The van der Waals surface area contributed by atoms with E-state index in [1.54, 1.807) is 38.1 Å². The molecule has 15 nitrogen and oxygen atoms in total. The van der Waals surface area contributed by atoms with Gasteiger partial charge in [0, 0.05) is 64.6 Å². The summed E-state index contributed by atoms with van der Waals surface area (Å²) in [5.74, 6) is -2.80. The van der Waals surface area contributed by atoms with Crippen LogP contribution < -0.4 is 10.6 Å². The quantitative estimate of drug-likeness (QED) is 0.116. The van der Waals surface area contributed by atoms with Crippen molar-refractivity contribution in [3.8, 4) is 0 Å². The van der Waals surface area contributed by atoms with Crippen molar-refractivity contribution in [2.75, 3.05) is 48.2 Å². The second-order valence-electron chi connectivity index (χ2n) is 15.8. The van der Waals surface area contributed by atoms with E-state index in [0.29, 0.717) is 13.0 Å². The normalized spacial score (nSPS) is 19.7. The Morgan fingerprint density at radius 3 is 2.00 bits per heavy atom. The zero-order valence-electron chi connectivity index (χ0n) is 35.3. The van der Waals surface area contributed by atoms with Crippen LogP contribution in [0.1, 0.15) is 93.9 Å². The molecule has 1 saturated heterocycles. The fraction of sp³-hybridized carbons (Fsp3) is 0.775. The number of Topliss-reactive ketones (excluding diaryl/α,β-unsaturated/α-hetero) is 2. The first-order chi connectivity index (χ1) is 25.9. The summed E-state index contributed by atoms with van der Waals surface area (Å²) in [4.78, 5) is 97.2. The van der Waals surface area contributed by atoms with E-state index in [2.05, 4.69) is 10.6 Å². The molecule has 2 aliphatic heterocycles. The number of carbonyl (C=O) groups excluding carboxylic acids is 7. The standard InChI is InChI=1S/C40H68N6O9/c1-13-26(7)37(32(54-11)21-35(51)45-19-15-16-29(45)38(55-12)27(8)30(47)14-2)44(10)39(52)28(24(3)4)20-31(48)36(25(5)6)43(9)22-41-40(53)42-23-46-33(49)17-18-34(46)50/h17-18,24-29,32,36-38H,13-16,19-23H2,1-12H3,(H2,41,42,53)/t26-,27-,28-,29-,32+,36-,37-,38+/m0/s1. The summed E-state index contributed by atoms with van der Waals surface area (Å²) in [5, 5.41) is 5.15. The minimum atomic E-state index is -0.657. The predicted molar refractivity (Wildman–Crippen MR) is 208 cm³/mol. The van der Waals surface area contributed by atoms with E-state index in [0.717, 1.165) is 36.3 Å². The highest BCUT2D eigenvalue weighted by Crippen LogP contribution is 2.31. The topological polar surface area (TPSA) is 175 Å². The Morgan fingerprint density at radius 2 is 1.49 bits per heavy atom. The van der Waals surface area contributed by atoms with Crippen molar-refractivity contribution in [1.82, 2.24) is 30.2 Å². The van der Waals surface area contributed by atoms with E-state index >= 15 is 0 Å².